The Morgan fingerprint density at radius 2 is 2.13 bits per heavy atom. The molecule has 0 saturated heterocycles. The van der Waals surface area contributed by atoms with Crippen molar-refractivity contribution in [1.29, 1.82) is 0 Å². The van der Waals surface area contributed by atoms with E-state index in [0.717, 1.165) is 22.2 Å². The Morgan fingerprint density at radius 1 is 1.20 bits per heavy atom. The average molecular weight is 216 g/mol. The molecule has 0 aliphatic heterocycles. The Bertz CT molecular complexity index is 597. The van der Waals surface area contributed by atoms with Crippen LogP contribution in [0.2, 0.25) is 0 Å². The molecule has 0 atom stereocenters. The molecule has 0 fully saturated rings. The van der Waals surface area contributed by atoms with E-state index in [0.29, 0.717) is 0 Å². The number of hydrogen-bond acceptors (Lipinski definition) is 4. The van der Waals surface area contributed by atoms with Crippen LogP contribution in [0, 0.1) is 0 Å². The smallest absolute Gasteiger partial charge is 0.108 e. The first-order valence-corrected chi connectivity index (χ1v) is 5.36. The number of fused-ring (bicyclic) bond motifs is 1. The van der Waals surface area contributed by atoms with Gasteiger partial charge >= 0.3 is 0 Å². The van der Waals surface area contributed by atoms with Gasteiger partial charge in [0.15, 0.2) is 0 Å². The monoisotopic (exact) mass is 216 g/mol. The summed E-state index contributed by atoms with van der Waals surface area (Å²) in [6, 6.07) is 2.08. The van der Waals surface area contributed by atoms with E-state index in [2.05, 4.69) is 20.5 Å². The third kappa shape index (κ3) is 1.32. The predicted molar refractivity (Wildman–Crippen MR) is 59.6 cm³/mol. The van der Waals surface area contributed by atoms with Crippen molar-refractivity contribution >= 4 is 22.6 Å². The van der Waals surface area contributed by atoms with Crippen molar-refractivity contribution in [1.82, 2.24) is 19.1 Å². The van der Waals surface area contributed by atoms with E-state index in [1.807, 2.05) is 29.5 Å². The molecular weight excluding hydrogens is 208 g/mol. The standard InChI is InChI=1S/C10H8N4S/c1-14-10-2-7(8-4-13-15-6-8)3-11-9(10)5-12-14/h2-6H,1H3. The van der Waals surface area contributed by atoms with Gasteiger partial charge in [-0.3, -0.25) is 9.67 Å². The number of nitrogens with zero attached hydrogens (tertiary/aromatic N) is 4. The molecule has 0 aliphatic carbocycles. The van der Waals surface area contributed by atoms with Crippen LogP contribution in [0.15, 0.2) is 30.0 Å². The Hall–Kier alpha value is -1.75. The first-order valence-electron chi connectivity index (χ1n) is 4.52. The molecule has 0 N–H and O–H groups in total. The van der Waals surface area contributed by atoms with Crippen molar-refractivity contribution in [2.24, 2.45) is 7.05 Å². The Morgan fingerprint density at radius 3 is 2.93 bits per heavy atom. The highest BCUT2D eigenvalue weighted by atomic mass is 32.1. The minimum Gasteiger partial charge on any atom is -0.266 e. The molecule has 0 aromatic carbocycles. The van der Waals surface area contributed by atoms with Crippen LogP contribution in [0.5, 0.6) is 0 Å². The van der Waals surface area contributed by atoms with Crippen LogP contribution in [0.25, 0.3) is 22.2 Å². The zero-order chi connectivity index (χ0) is 10.3. The second kappa shape index (κ2) is 3.13. The van der Waals surface area contributed by atoms with Gasteiger partial charge in [-0.15, -0.1) is 0 Å². The summed E-state index contributed by atoms with van der Waals surface area (Å²) in [6.07, 6.45) is 5.47. The highest BCUT2D eigenvalue weighted by Crippen LogP contribution is 2.22. The summed E-state index contributed by atoms with van der Waals surface area (Å²) in [5.74, 6) is 0. The molecule has 3 heterocycles. The van der Waals surface area contributed by atoms with Crippen molar-refractivity contribution in [3.63, 3.8) is 0 Å². The molecule has 3 aromatic heterocycles. The van der Waals surface area contributed by atoms with Gasteiger partial charge < -0.3 is 0 Å². The lowest BCUT2D eigenvalue weighted by Crippen LogP contribution is -1.89. The molecule has 0 aliphatic rings. The number of pyridine rings is 1. The molecule has 0 bridgehead atoms. The fourth-order valence-corrected chi connectivity index (χ4v) is 2.08. The van der Waals surface area contributed by atoms with E-state index in [1.54, 1.807) is 6.20 Å². The minimum atomic E-state index is 0.921. The van der Waals surface area contributed by atoms with Gasteiger partial charge in [-0.1, -0.05) is 0 Å². The Kier molecular flexibility index (Phi) is 1.78. The lowest BCUT2D eigenvalue weighted by atomic mass is 10.1. The Labute approximate surface area is 90.4 Å². The van der Waals surface area contributed by atoms with Crippen molar-refractivity contribution in [3.8, 4) is 11.1 Å². The maximum absolute atomic E-state index is 4.35. The van der Waals surface area contributed by atoms with Crippen molar-refractivity contribution in [3.05, 3.63) is 30.0 Å². The van der Waals surface area contributed by atoms with E-state index in [1.165, 1.54) is 11.5 Å². The zero-order valence-corrected chi connectivity index (χ0v) is 8.90. The fourth-order valence-electron chi connectivity index (χ4n) is 1.53. The molecule has 3 rings (SSSR count). The summed E-state index contributed by atoms with van der Waals surface area (Å²) in [5, 5.41) is 6.17. The van der Waals surface area contributed by atoms with Crippen LogP contribution in [0.1, 0.15) is 0 Å². The molecule has 3 aromatic rings. The highest BCUT2D eigenvalue weighted by Gasteiger charge is 2.04. The van der Waals surface area contributed by atoms with E-state index >= 15 is 0 Å². The van der Waals surface area contributed by atoms with Crippen LogP contribution in [-0.2, 0) is 7.05 Å². The van der Waals surface area contributed by atoms with Crippen LogP contribution in [0.3, 0.4) is 0 Å². The molecule has 0 radical (unpaired) electrons. The summed E-state index contributed by atoms with van der Waals surface area (Å²) in [7, 11) is 1.92. The molecule has 0 unspecified atom stereocenters. The van der Waals surface area contributed by atoms with E-state index in [9.17, 15) is 0 Å². The lowest BCUT2D eigenvalue weighted by Gasteiger charge is -1.98. The first kappa shape index (κ1) is 8.55. The summed E-state index contributed by atoms with van der Waals surface area (Å²) in [6.45, 7) is 0. The normalized spacial score (nSPS) is 11.0. The predicted octanol–water partition coefficient (Wildman–Crippen LogP) is 2.09. The van der Waals surface area contributed by atoms with Gasteiger partial charge in [-0.25, -0.2) is 4.37 Å². The Balaban J connectivity index is 2.25. The molecule has 5 heteroatoms. The molecule has 15 heavy (non-hydrogen) atoms. The number of aryl methyl sites for hydroxylation is 1. The summed E-state index contributed by atoms with van der Waals surface area (Å²) >= 11 is 1.45. The van der Waals surface area contributed by atoms with Crippen molar-refractivity contribution < 1.29 is 0 Å². The van der Waals surface area contributed by atoms with E-state index in [4.69, 9.17) is 0 Å². The van der Waals surface area contributed by atoms with Gasteiger partial charge in [0, 0.05) is 35.9 Å². The molecule has 4 nitrogen and oxygen atoms in total. The molecule has 0 spiro atoms. The van der Waals surface area contributed by atoms with Crippen molar-refractivity contribution in [2.75, 3.05) is 0 Å². The third-order valence-electron chi connectivity index (χ3n) is 2.36. The number of rotatable bonds is 1. The van der Waals surface area contributed by atoms with Crippen LogP contribution in [-0.4, -0.2) is 19.1 Å². The molecular formula is C10H8N4S. The van der Waals surface area contributed by atoms with Gasteiger partial charge in [-0.05, 0) is 17.6 Å². The quantitative estimate of drug-likeness (QED) is 0.625. The van der Waals surface area contributed by atoms with Crippen LogP contribution < -0.4 is 0 Å². The van der Waals surface area contributed by atoms with Gasteiger partial charge in [0.1, 0.15) is 5.52 Å². The van der Waals surface area contributed by atoms with Gasteiger partial charge in [0.05, 0.1) is 11.7 Å². The second-order valence-electron chi connectivity index (χ2n) is 3.31. The van der Waals surface area contributed by atoms with Crippen molar-refractivity contribution in [2.45, 2.75) is 0 Å². The highest BCUT2D eigenvalue weighted by molar-refractivity contribution is 7.03. The van der Waals surface area contributed by atoms with Gasteiger partial charge in [0.25, 0.3) is 0 Å². The lowest BCUT2D eigenvalue weighted by molar-refractivity contribution is 0.797. The number of hydrogen-bond donors (Lipinski definition) is 0. The summed E-state index contributed by atoms with van der Waals surface area (Å²) in [5.41, 5.74) is 4.15. The van der Waals surface area contributed by atoms with Crippen LogP contribution in [0.4, 0.5) is 0 Å². The van der Waals surface area contributed by atoms with Gasteiger partial charge in [0.2, 0.25) is 0 Å². The minimum absolute atomic E-state index is 0.921. The fraction of sp³-hybridized carbons (Fsp3) is 0.100. The maximum atomic E-state index is 4.35. The van der Waals surface area contributed by atoms with E-state index in [-0.39, 0.29) is 0 Å². The van der Waals surface area contributed by atoms with Gasteiger partial charge in [-0.2, -0.15) is 5.10 Å². The molecule has 0 amide bonds. The average Bonchev–Trinajstić information content (AvgIpc) is 2.88. The van der Waals surface area contributed by atoms with E-state index < -0.39 is 0 Å². The SMILES string of the molecule is Cn1ncc2ncc(-c3cnsc3)cc21. The molecule has 74 valence electrons. The topological polar surface area (TPSA) is 43.6 Å². The molecule has 0 saturated carbocycles. The van der Waals surface area contributed by atoms with Crippen LogP contribution >= 0.6 is 11.5 Å². The third-order valence-corrected chi connectivity index (χ3v) is 2.95. The maximum Gasteiger partial charge on any atom is 0.108 e. The number of aromatic nitrogens is 4. The zero-order valence-electron chi connectivity index (χ0n) is 8.08. The first-order chi connectivity index (χ1) is 7.34. The summed E-state index contributed by atoms with van der Waals surface area (Å²) < 4.78 is 5.91. The largest absolute Gasteiger partial charge is 0.266 e. The second-order valence-corrected chi connectivity index (χ2v) is 3.97. The summed E-state index contributed by atoms with van der Waals surface area (Å²) in [4.78, 5) is 4.35.